The number of hydrogen-bond acceptors (Lipinski definition) is 6. The van der Waals surface area contributed by atoms with Crippen molar-refractivity contribution in [2.45, 2.75) is 10.8 Å². The average molecular weight is 416 g/mol. The van der Waals surface area contributed by atoms with E-state index in [0.717, 1.165) is 4.34 Å². The van der Waals surface area contributed by atoms with E-state index < -0.39 is 5.82 Å². The van der Waals surface area contributed by atoms with Gasteiger partial charge >= 0.3 is 0 Å². The minimum absolute atomic E-state index is 0.00625. The largest absolute Gasteiger partial charge is 0.497 e. The molecule has 1 amide bonds. The number of rotatable bonds is 8. The van der Waals surface area contributed by atoms with Crippen LogP contribution < -0.4 is 10.1 Å². The van der Waals surface area contributed by atoms with Crippen molar-refractivity contribution in [2.24, 2.45) is 0 Å². The molecule has 0 saturated heterocycles. The van der Waals surface area contributed by atoms with Crippen molar-refractivity contribution in [3.05, 3.63) is 71.0 Å². The summed E-state index contributed by atoms with van der Waals surface area (Å²) in [4.78, 5) is 28.7. The molecule has 28 heavy (non-hydrogen) atoms. The first-order valence-corrected chi connectivity index (χ1v) is 10.2. The van der Waals surface area contributed by atoms with E-state index >= 15 is 0 Å². The first-order valence-electron chi connectivity index (χ1n) is 8.33. The molecule has 0 saturated carbocycles. The number of nitrogens with one attached hydrogen (secondary N) is 1. The predicted octanol–water partition coefficient (Wildman–Crippen LogP) is 4.45. The first kappa shape index (κ1) is 20.0. The zero-order valence-corrected chi connectivity index (χ0v) is 16.6. The van der Waals surface area contributed by atoms with Crippen molar-refractivity contribution in [1.82, 2.24) is 4.98 Å². The number of Topliss-reactive ketones (excluding diaryl/α,β-unsaturated/α-hetero) is 1. The lowest BCUT2D eigenvalue weighted by atomic mass is 10.1. The van der Waals surface area contributed by atoms with Gasteiger partial charge in [0, 0.05) is 16.6 Å². The van der Waals surface area contributed by atoms with Crippen LogP contribution in [0.4, 0.5) is 10.1 Å². The average Bonchev–Trinajstić information content (AvgIpc) is 3.13. The molecule has 0 aliphatic rings. The van der Waals surface area contributed by atoms with Crippen LogP contribution in [-0.2, 0) is 11.2 Å². The number of thiazole rings is 1. The van der Waals surface area contributed by atoms with Crippen LogP contribution in [0.15, 0.2) is 58.3 Å². The number of thioether (sulfide) groups is 1. The zero-order valence-electron chi connectivity index (χ0n) is 15.0. The summed E-state index contributed by atoms with van der Waals surface area (Å²) in [5.74, 6) is 0.265. The predicted molar refractivity (Wildman–Crippen MR) is 109 cm³/mol. The zero-order chi connectivity index (χ0) is 19.9. The number of halogens is 1. The fourth-order valence-electron chi connectivity index (χ4n) is 2.36. The van der Waals surface area contributed by atoms with Crippen molar-refractivity contribution in [1.29, 1.82) is 0 Å². The summed E-state index contributed by atoms with van der Waals surface area (Å²) in [5.41, 5.74) is 1.62. The van der Waals surface area contributed by atoms with E-state index in [1.807, 2.05) is 0 Å². The molecule has 2 aromatic carbocycles. The van der Waals surface area contributed by atoms with Crippen molar-refractivity contribution < 1.29 is 18.7 Å². The monoisotopic (exact) mass is 416 g/mol. The number of anilines is 1. The van der Waals surface area contributed by atoms with Crippen LogP contribution in [0, 0.1) is 5.82 Å². The number of carbonyl (C=O) groups excluding carboxylic acids is 2. The van der Waals surface area contributed by atoms with E-state index in [4.69, 9.17) is 4.74 Å². The Labute approximate surface area is 170 Å². The van der Waals surface area contributed by atoms with Gasteiger partial charge in [-0.25, -0.2) is 9.37 Å². The van der Waals surface area contributed by atoms with Gasteiger partial charge in [-0.05, 0) is 42.5 Å². The third-order valence-corrected chi connectivity index (χ3v) is 5.79. The summed E-state index contributed by atoms with van der Waals surface area (Å²) in [7, 11) is 1.57. The van der Waals surface area contributed by atoms with Gasteiger partial charge in [0.05, 0.1) is 25.0 Å². The molecule has 0 atom stereocenters. The van der Waals surface area contributed by atoms with Crippen molar-refractivity contribution >= 4 is 40.5 Å². The summed E-state index contributed by atoms with van der Waals surface area (Å²) >= 11 is 2.72. The number of nitrogens with zero attached hydrogens (tertiary/aromatic N) is 1. The molecule has 0 aliphatic heterocycles. The van der Waals surface area contributed by atoms with Crippen molar-refractivity contribution in [3.63, 3.8) is 0 Å². The second-order valence-electron chi connectivity index (χ2n) is 5.78. The highest BCUT2D eigenvalue weighted by Gasteiger charge is 2.12. The van der Waals surface area contributed by atoms with Crippen LogP contribution in [0.2, 0.25) is 0 Å². The van der Waals surface area contributed by atoms with Gasteiger partial charge in [0.1, 0.15) is 11.6 Å². The summed E-state index contributed by atoms with van der Waals surface area (Å²) in [5, 5.41) is 4.42. The number of ether oxygens (including phenoxy) is 1. The molecule has 5 nitrogen and oxygen atoms in total. The Morgan fingerprint density at radius 3 is 2.71 bits per heavy atom. The van der Waals surface area contributed by atoms with Gasteiger partial charge in [0.25, 0.3) is 0 Å². The van der Waals surface area contributed by atoms with Crippen LogP contribution in [0.25, 0.3) is 0 Å². The normalized spacial score (nSPS) is 10.5. The Morgan fingerprint density at radius 1 is 1.21 bits per heavy atom. The van der Waals surface area contributed by atoms with Crippen molar-refractivity contribution in [3.8, 4) is 5.75 Å². The minimum Gasteiger partial charge on any atom is -0.497 e. The molecule has 0 spiro atoms. The molecule has 0 bridgehead atoms. The fraction of sp³-hybridized carbons (Fsp3) is 0.150. The summed E-state index contributed by atoms with van der Waals surface area (Å²) in [6, 6.07) is 12.7. The van der Waals surface area contributed by atoms with Gasteiger partial charge in [0.15, 0.2) is 10.1 Å². The number of methoxy groups -OCH3 is 1. The number of ketones is 1. The summed E-state index contributed by atoms with van der Waals surface area (Å²) in [6.07, 6.45) is 0.0833. The van der Waals surface area contributed by atoms with Gasteiger partial charge in [-0.2, -0.15) is 0 Å². The van der Waals surface area contributed by atoms with Gasteiger partial charge in [-0.15, -0.1) is 11.3 Å². The fourth-order valence-corrected chi connectivity index (χ4v) is 4.10. The van der Waals surface area contributed by atoms with Crippen LogP contribution in [0.1, 0.15) is 16.1 Å². The maximum absolute atomic E-state index is 13.2. The van der Waals surface area contributed by atoms with Gasteiger partial charge < -0.3 is 10.1 Å². The first-order chi connectivity index (χ1) is 13.5. The third-order valence-electron chi connectivity index (χ3n) is 3.72. The van der Waals surface area contributed by atoms with E-state index in [-0.39, 0.29) is 23.9 Å². The van der Waals surface area contributed by atoms with Crippen LogP contribution in [-0.4, -0.2) is 29.5 Å². The van der Waals surface area contributed by atoms with Crippen LogP contribution in [0.3, 0.4) is 0 Å². The topological polar surface area (TPSA) is 68.3 Å². The highest BCUT2D eigenvalue weighted by molar-refractivity contribution is 8.01. The summed E-state index contributed by atoms with van der Waals surface area (Å²) < 4.78 is 19.0. The lowest BCUT2D eigenvalue weighted by Crippen LogP contribution is -2.14. The molecule has 0 aliphatic carbocycles. The molecule has 0 radical (unpaired) electrons. The van der Waals surface area contributed by atoms with Crippen LogP contribution >= 0.6 is 23.1 Å². The summed E-state index contributed by atoms with van der Waals surface area (Å²) in [6.45, 7) is 0. The second kappa shape index (κ2) is 9.48. The molecule has 8 heteroatoms. The molecular weight excluding hydrogens is 399 g/mol. The Balaban J connectivity index is 1.50. The molecule has 3 rings (SSSR count). The molecule has 3 aromatic rings. The molecule has 1 N–H and O–H groups in total. The SMILES string of the molecule is COc1ccc(C(=O)CSc2nc(CC(=O)Nc3cccc(F)c3)cs2)cc1. The van der Waals surface area contributed by atoms with Crippen LogP contribution in [0.5, 0.6) is 5.75 Å². The lowest BCUT2D eigenvalue weighted by Gasteiger charge is -2.03. The highest BCUT2D eigenvalue weighted by Crippen LogP contribution is 2.24. The molecule has 1 aromatic heterocycles. The maximum atomic E-state index is 13.2. The quantitative estimate of drug-likeness (QED) is 0.434. The second-order valence-corrected chi connectivity index (χ2v) is 7.86. The van der Waals surface area contributed by atoms with E-state index in [0.29, 0.717) is 22.7 Å². The molecule has 144 valence electrons. The minimum atomic E-state index is -0.410. The molecule has 0 fully saturated rings. The Morgan fingerprint density at radius 2 is 2.00 bits per heavy atom. The van der Waals surface area contributed by atoms with Gasteiger partial charge in [-0.1, -0.05) is 17.8 Å². The number of benzene rings is 2. The smallest absolute Gasteiger partial charge is 0.230 e. The number of amides is 1. The van der Waals surface area contributed by atoms with E-state index in [9.17, 15) is 14.0 Å². The Hall–Kier alpha value is -2.71. The lowest BCUT2D eigenvalue weighted by molar-refractivity contribution is -0.115. The molecular formula is C20H17FN2O3S2. The van der Waals surface area contributed by atoms with Gasteiger partial charge in [0.2, 0.25) is 5.91 Å². The third kappa shape index (κ3) is 5.64. The molecule has 1 heterocycles. The Kier molecular flexibility index (Phi) is 6.78. The Bertz CT molecular complexity index is 974. The van der Waals surface area contributed by atoms with E-state index in [1.165, 1.54) is 41.3 Å². The highest BCUT2D eigenvalue weighted by atomic mass is 32.2. The number of aromatic nitrogens is 1. The molecule has 0 unspecified atom stereocenters. The number of hydrogen-bond donors (Lipinski definition) is 1. The number of carbonyl (C=O) groups is 2. The maximum Gasteiger partial charge on any atom is 0.230 e. The van der Waals surface area contributed by atoms with E-state index in [1.54, 1.807) is 42.8 Å². The van der Waals surface area contributed by atoms with Crippen molar-refractivity contribution in [2.75, 3.05) is 18.2 Å². The van der Waals surface area contributed by atoms with Gasteiger partial charge in [-0.3, -0.25) is 9.59 Å². The standard InChI is InChI=1S/C20H17FN2O3S2/c1-26-17-7-5-13(6-8-17)18(24)12-28-20-23-16(11-27-20)10-19(25)22-15-4-2-3-14(21)9-15/h2-9,11H,10,12H2,1H3,(H,22,25). The van der Waals surface area contributed by atoms with E-state index in [2.05, 4.69) is 10.3 Å².